The Kier molecular flexibility index (Phi) is 4.26. The normalized spacial score (nSPS) is 24.1. The van der Waals surface area contributed by atoms with Gasteiger partial charge in [-0.15, -0.1) is 0 Å². The molecule has 0 amide bonds. The molecule has 3 heteroatoms. The van der Waals surface area contributed by atoms with Gasteiger partial charge in [-0.2, -0.15) is 0 Å². The van der Waals surface area contributed by atoms with E-state index in [9.17, 15) is 0 Å². The van der Waals surface area contributed by atoms with Gasteiger partial charge in [0.2, 0.25) is 5.72 Å². The van der Waals surface area contributed by atoms with Gasteiger partial charge in [-0.25, -0.2) is 0 Å². The number of benzene rings is 2. The Morgan fingerprint density at radius 2 is 1.58 bits per heavy atom. The molecular formula is C21H24N2O. The molecule has 0 radical (unpaired) electrons. The fourth-order valence-electron chi connectivity index (χ4n) is 3.73. The van der Waals surface area contributed by atoms with Crippen LogP contribution in [0.4, 0.5) is 0 Å². The second-order valence-electron chi connectivity index (χ2n) is 6.71. The molecule has 2 aliphatic rings. The molecule has 1 fully saturated rings. The molecule has 1 unspecified atom stereocenters. The highest BCUT2D eigenvalue weighted by molar-refractivity contribution is 5.61. The van der Waals surface area contributed by atoms with Gasteiger partial charge >= 0.3 is 0 Å². The molecule has 4 rings (SSSR count). The van der Waals surface area contributed by atoms with Crippen LogP contribution in [0.15, 0.2) is 66.9 Å². The third-order valence-corrected chi connectivity index (χ3v) is 5.05. The summed E-state index contributed by atoms with van der Waals surface area (Å²) in [5.41, 5.74) is 1.87. The van der Waals surface area contributed by atoms with E-state index in [4.69, 9.17) is 4.74 Å². The molecule has 1 saturated heterocycles. The van der Waals surface area contributed by atoms with E-state index in [1.54, 1.807) is 0 Å². The fraction of sp³-hybridized carbons (Fsp3) is 0.333. The summed E-state index contributed by atoms with van der Waals surface area (Å²) in [5, 5.41) is 7.03. The highest BCUT2D eigenvalue weighted by Crippen LogP contribution is 2.40. The van der Waals surface area contributed by atoms with Crippen LogP contribution in [0.5, 0.6) is 0 Å². The lowest BCUT2D eigenvalue weighted by Crippen LogP contribution is -2.41. The lowest BCUT2D eigenvalue weighted by molar-refractivity contribution is 0.00522. The molecule has 2 aliphatic heterocycles. The van der Waals surface area contributed by atoms with E-state index in [2.05, 4.69) is 65.2 Å². The molecular weight excluding hydrogens is 296 g/mol. The largest absolute Gasteiger partial charge is 0.462 e. The van der Waals surface area contributed by atoms with Crippen molar-refractivity contribution in [2.75, 3.05) is 13.1 Å². The number of hydrogen-bond donors (Lipinski definition) is 2. The van der Waals surface area contributed by atoms with Gasteiger partial charge in [0.05, 0.1) is 0 Å². The average molecular weight is 320 g/mol. The Labute approximate surface area is 143 Å². The van der Waals surface area contributed by atoms with Crippen molar-refractivity contribution in [2.24, 2.45) is 5.92 Å². The molecule has 0 spiro atoms. The molecule has 1 atom stereocenters. The van der Waals surface area contributed by atoms with E-state index >= 15 is 0 Å². The van der Waals surface area contributed by atoms with Crippen molar-refractivity contribution in [3.8, 4) is 0 Å². The topological polar surface area (TPSA) is 33.3 Å². The van der Waals surface area contributed by atoms with Crippen molar-refractivity contribution in [1.29, 1.82) is 0 Å². The minimum absolute atomic E-state index is 0.450. The summed E-state index contributed by atoms with van der Waals surface area (Å²) in [6.07, 6.45) is 5.44. The van der Waals surface area contributed by atoms with Crippen LogP contribution in [0.1, 0.15) is 30.4 Å². The summed E-state index contributed by atoms with van der Waals surface area (Å²) in [7, 11) is 0. The Hall–Kier alpha value is -2.26. The summed E-state index contributed by atoms with van der Waals surface area (Å²) in [5.74, 6) is 1.59. The number of piperidine rings is 1. The van der Waals surface area contributed by atoms with E-state index in [0.29, 0.717) is 5.92 Å². The van der Waals surface area contributed by atoms with Gasteiger partial charge < -0.3 is 15.4 Å². The van der Waals surface area contributed by atoms with Crippen LogP contribution in [-0.2, 0) is 10.5 Å². The van der Waals surface area contributed by atoms with Gasteiger partial charge in [-0.3, -0.25) is 0 Å². The summed E-state index contributed by atoms with van der Waals surface area (Å²) >= 11 is 0. The molecule has 124 valence electrons. The standard InChI is InChI=1S/C21H24N2O/c1-3-7-18(8-4-1)20-16-23-21(24-20,19-9-5-2-6-10-19)15-17-11-13-22-14-12-17/h1-10,16-17,22-23H,11-15H2. The first-order valence-corrected chi connectivity index (χ1v) is 8.84. The lowest BCUT2D eigenvalue weighted by atomic mass is 9.86. The minimum Gasteiger partial charge on any atom is -0.462 e. The Balaban J connectivity index is 1.61. The summed E-state index contributed by atoms with van der Waals surface area (Å²) in [4.78, 5) is 0. The minimum atomic E-state index is -0.450. The van der Waals surface area contributed by atoms with Crippen molar-refractivity contribution in [3.05, 3.63) is 78.0 Å². The van der Waals surface area contributed by atoms with Crippen molar-refractivity contribution < 1.29 is 4.74 Å². The van der Waals surface area contributed by atoms with Crippen LogP contribution in [-0.4, -0.2) is 13.1 Å². The second kappa shape index (κ2) is 6.70. The van der Waals surface area contributed by atoms with Crippen LogP contribution in [0.25, 0.3) is 5.76 Å². The monoisotopic (exact) mass is 320 g/mol. The van der Waals surface area contributed by atoms with Crippen LogP contribution in [0, 0.1) is 5.92 Å². The van der Waals surface area contributed by atoms with Crippen molar-refractivity contribution in [1.82, 2.24) is 10.6 Å². The van der Waals surface area contributed by atoms with Gasteiger partial charge in [0.15, 0.2) is 0 Å². The highest BCUT2D eigenvalue weighted by Gasteiger charge is 2.40. The van der Waals surface area contributed by atoms with Crippen LogP contribution in [0.3, 0.4) is 0 Å². The molecule has 24 heavy (non-hydrogen) atoms. The zero-order valence-corrected chi connectivity index (χ0v) is 13.9. The predicted octanol–water partition coefficient (Wildman–Crippen LogP) is 3.85. The number of rotatable bonds is 4. The zero-order valence-electron chi connectivity index (χ0n) is 13.9. The van der Waals surface area contributed by atoms with Crippen LogP contribution >= 0.6 is 0 Å². The van der Waals surface area contributed by atoms with Crippen molar-refractivity contribution >= 4 is 5.76 Å². The van der Waals surface area contributed by atoms with E-state index in [0.717, 1.165) is 30.8 Å². The molecule has 2 aromatic carbocycles. The maximum absolute atomic E-state index is 6.55. The van der Waals surface area contributed by atoms with Crippen molar-refractivity contribution in [2.45, 2.75) is 25.0 Å². The SMILES string of the molecule is C1=C(c2ccccc2)OC(CC2CCNCC2)(c2ccccc2)N1. The first kappa shape index (κ1) is 15.3. The van der Waals surface area contributed by atoms with Gasteiger partial charge in [0, 0.05) is 23.7 Å². The summed E-state index contributed by atoms with van der Waals surface area (Å²) in [6.45, 7) is 2.21. The van der Waals surface area contributed by atoms with Gasteiger partial charge in [0.25, 0.3) is 0 Å². The lowest BCUT2D eigenvalue weighted by Gasteiger charge is -2.35. The van der Waals surface area contributed by atoms with E-state index < -0.39 is 5.72 Å². The van der Waals surface area contributed by atoms with E-state index in [-0.39, 0.29) is 0 Å². The quantitative estimate of drug-likeness (QED) is 0.898. The van der Waals surface area contributed by atoms with Crippen LogP contribution in [0.2, 0.25) is 0 Å². The number of ether oxygens (including phenoxy) is 1. The first-order chi connectivity index (χ1) is 11.9. The third kappa shape index (κ3) is 3.04. The summed E-state index contributed by atoms with van der Waals surface area (Å²) < 4.78 is 6.55. The maximum atomic E-state index is 6.55. The highest BCUT2D eigenvalue weighted by atomic mass is 16.5. The smallest absolute Gasteiger partial charge is 0.207 e. The van der Waals surface area contributed by atoms with Gasteiger partial charge in [-0.1, -0.05) is 60.7 Å². The van der Waals surface area contributed by atoms with E-state index in [1.165, 1.54) is 18.4 Å². The fourth-order valence-corrected chi connectivity index (χ4v) is 3.73. The number of nitrogens with one attached hydrogen (secondary N) is 2. The average Bonchev–Trinajstić information content (AvgIpc) is 3.09. The molecule has 0 aromatic heterocycles. The molecule has 2 heterocycles. The zero-order chi connectivity index (χ0) is 16.2. The third-order valence-electron chi connectivity index (χ3n) is 5.05. The van der Waals surface area contributed by atoms with Gasteiger partial charge in [-0.05, 0) is 31.8 Å². The summed E-state index contributed by atoms with van der Waals surface area (Å²) in [6, 6.07) is 20.9. The van der Waals surface area contributed by atoms with E-state index in [1.807, 2.05) is 12.3 Å². The Morgan fingerprint density at radius 3 is 2.29 bits per heavy atom. The molecule has 3 nitrogen and oxygen atoms in total. The van der Waals surface area contributed by atoms with Gasteiger partial charge in [0.1, 0.15) is 5.76 Å². The molecule has 0 bridgehead atoms. The van der Waals surface area contributed by atoms with Crippen molar-refractivity contribution in [3.63, 3.8) is 0 Å². The molecule has 2 aromatic rings. The Morgan fingerprint density at radius 1 is 0.917 bits per heavy atom. The number of hydrogen-bond acceptors (Lipinski definition) is 3. The molecule has 0 aliphatic carbocycles. The Bertz CT molecular complexity index is 692. The second-order valence-corrected chi connectivity index (χ2v) is 6.71. The predicted molar refractivity (Wildman–Crippen MR) is 97.0 cm³/mol. The first-order valence-electron chi connectivity index (χ1n) is 8.84. The molecule has 2 N–H and O–H groups in total. The maximum Gasteiger partial charge on any atom is 0.207 e. The molecule has 0 saturated carbocycles. The van der Waals surface area contributed by atoms with Crippen LogP contribution < -0.4 is 10.6 Å².